The van der Waals surface area contributed by atoms with Crippen molar-refractivity contribution in [2.24, 2.45) is 5.41 Å². The highest BCUT2D eigenvalue weighted by Gasteiger charge is 2.36. The minimum atomic E-state index is -0.615. The Bertz CT molecular complexity index is 549. The molecule has 2 rings (SSSR count). The van der Waals surface area contributed by atoms with E-state index in [1.807, 2.05) is 0 Å². The molecule has 0 aliphatic carbocycles. The molecular weight excluding hydrogens is 303 g/mol. The van der Waals surface area contributed by atoms with Crippen molar-refractivity contribution in [1.29, 1.82) is 0 Å². The Morgan fingerprint density at radius 1 is 1.43 bits per heavy atom. The van der Waals surface area contributed by atoms with E-state index in [2.05, 4.69) is 19.2 Å². The van der Waals surface area contributed by atoms with Crippen molar-refractivity contribution >= 4 is 11.4 Å². The number of nitro groups is 1. The Morgan fingerprint density at radius 2 is 2.13 bits per heavy atom. The lowest BCUT2D eigenvalue weighted by Crippen LogP contribution is -2.33. The minimum absolute atomic E-state index is 0.0765. The van der Waals surface area contributed by atoms with E-state index < -0.39 is 10.7 Å². The van der Waals surface area contributed by atoms with Crippen LogP contribution >= 0.6 is 0 Å². The molecule has 0 amide bonds. The predicted octanol–water partition coefficient (Wildman–Crippen LogP) is 3.72. The van der Waals surface area contributed by atoms with Crippen molar-refractivity contribution in [3.8, 4) is 0 Å². The van der Waals surface area contributed by atoms with Crippen molar-refractivity contribution in [2.75, 3.05) is 25.1 Å². The Labute approximate surface area is 135 Å². The SMILES string of the molecule is CC[C@@](C)(CCCNc1ccc(F)cc1[N+](=O)[O-])C1OCCO1. The molecule has 0 spiro atoms. The largest absolute Gasteiger partial charge is 0.379 e. The van der Waals surface area contributed by atoms with Gasteiger partial charge >= 0.3 is 0 Å². The molecule has 6 nitrogen and oxygen atoms in total. The summed E-state index contributed by atoms with van der Waals surface area (Å²) in [7, 11) is 0. The number of ether oxygens (including phenoxy) is 2. The van der Waals surface area contributed by atoms with Gasteiger partial charge in [-0.05, 0) is 31.4 Å². The van der Waals surface area contributed by atoms with Crippen LogP contribution in [-0.2, 0) is 9.47 Å². The first kappa shape index (κ1) is 17.6. The second-order valence-electron chi connectivity index (χ2n) is 6.03. The van der Waals surface area contributed by atoms with E-state index in [-0.39, 0.29) is 17.4 Å². The zero-order valence-electron chi connectivity index (χ0n) is 13.5. The van der Waals surface area contributed by atoms with Gasteiger partial charge in [-0.15, -0.1) is 0 Å². The van der Waals surface area contributed by atoms with Gasteiger partial charge in [0.2, 0.25) is 0 Å². The maximum Gasteiger partial charge on any atom is 0.295 e. The van der Waals surface area contributed by atoms with Gasteiger partial charge in [0.05, 0.1) is 24.2 Å². The van der Waals surface area contributed by atoms with Crippen molar-refractivity contribution in [2.45, 2.75) is 39.4 Å². The average molecular weight is 326 g/mol. The summed E-state index contributed by atoms with van der Waals surface area (Å²) in [6.07, 6.45) is 2.42. The van der Waals surface area contributed by atoms with Crippen molar-refractivity contribution in [3.05, 3.63) is 34.1 Å². The van der Waals surface area contributed by atoms with Gasteiger partial charge in [-0.2, -0.15) is 0 Å². The molecule has 23 heavy (non-hydrogen) atoms. The van der Waals surface area contributed by atoms with E-state index in [1.165, 1.54) is 12.1 Å². The van der Waals surface area contributed by atoms with Gasteiger partial charge in [-0.1, -0.05) is 13.8 Å². The fraction of sp³-hybridized carbons (Fsp3) is 0.625. The molecule has 1 atom stereocenters. The smallest absolute Gasteiger partial charge is 0.295 e. The molecule has 1 aliphatic rings. The molecule has 0 unspecified atom stereocenters. The number of rotatable bonds is 8. The van der Waals surface area contributed by atoms with Gasteiger partial charge in [-0.3, -0.25) is 10.1 Å². The second kappa shape index (κ2) is 7.70. The van der Waals surface area contributed by atoms with E-state index in [4.69, 9.17) is 9.47 Å². The van der Waals surface area contributed by atoms with E-state index >= 15 is 0 Å². The maximum atomic E-state index is 13.1. The van der Waals surface area contributed by atoms with Gasteiger partial charge in [0.1, 0.15) is 11.5 Å². The molecule has 0 radical (unpaired) electrons. The van der Waals surface area contributed by atoms with Gasteiger partial charge in [0.15, 0.2) is 6.29 Å². The monoisotopic (exact) mass is 326 g/mol. The first-order valence-corrected chi connectivity index (χ1v) is 7.87. The highest BCUT2D eigenvalue weighted by Crippen LogP contribution is 2.36. The Hall–Kier alpha value is -1.73. The lowest BCUT2D eigenvalue weighted by atomic mass is 9.82. The minimum Gasteiger partial charge on any atom is -0.379 e. The number of benzene rings is 1. The Morgan fingerprint density at radius 3 is 2.74 bits per heavy atom. The summed E-state index contributed by atoms with van der Waals surface area (Å²) in [6, 6.07) is 3.54. The van der Waals surface area contributed by atoms with Gasteiger partial charge in [0, 0.05) is 12.0 Å². The first-order valence-electron chi connectivity index (χ1n) is 7.87. The number of hydrogen-bond donors (Lipinski definition) is 1. The van der Waals surface area contributed by atoms with E-state index in [0.717, 1.165) is 25.3 Å². The topological polar surface area (TPSA) is 73.6 Å². The third kappa shape index (κ3) is 4.39. The predicted molar refractivity (Wildman–Crippen MR) is 84.9 cm³/mol. The van der Waals surface area contributed by atoms with Crippen LogP contribution in [0.1, 0.15) is 33.1 Å². The summed E-state index contributed by atoms with van der Waals surface area (Å²) in [5.41, 5.74) is 0.0149. The summed E-state index contributed by atoms with van der Waals surface area (Å²) in [6.45, 7) is 6.04. The number of nitrogens with one attached hydrogen (secondary N) is 1. The number of nitro benzene ring substituents is 1. The molecule has 1 aliphatic heterocycles. The fourth-order valence-corrected chi connectivity index (χ4v) is 2.74. The molecule has 1 N–H and O–H groups in total. The Kier molecular flexibility index (Phi) is 5.90. The summed E-state index contributed by atoms with van der Waals surface area (Å²) >= 11 is 0. The number of hydrogen-bond acceptors (Lipinski definition) is 5. The molecule has 1 aromatic rings. The summed E-state index contributed by atoms with van der Waals surface area (Å²) in [5.74, 6) is -0.615. The lowest BCUT2D eigenvalue weighted by molar-refractivity contribution is -0.384. The summed E-state index contributed by atoms with van der Waals surface area (Å²) < 4.78 is 24.3. The van der Waals surface area contributed by atoms with Crippen LogP contribution in [0.4, 0.5) is 15.8 Å². The molecule has 0 aromatic heterocycles. The van der Waals surface area contributed by atoms with Crippen molar-refractivity contribution < 1.29 is 18.8 Å². The Balaban J connectivity index is 1.88. The van der Waals surface area contributed by atoms with Crippen LogP contribution in [0.25, 0.3) is 0 Å². The maximum absolute atomic E-state index is 13.1. The normalized spacial score (nSPS) is 17.9. The van der Waals surface area contributed by atoms with Crippen LogP contribution in [0.5, 0.6) is 0 Å². The van der Waals surface area contributed by atoms with E-state index in [9.17, 15) is 14.5 Å². The van der Waals surface area contributed by atoms with E-state index in [0.29, 0.717) is 25.4 Å². The molecule has 0 saturated carbocycles. The van der Waals surface area contributed by atoms with Gasteiger partial charge < -0.3 is 14.8 Å². The summed E-state index contributed by atoms with van der Waals surface area (Å²) in [4.78, 5) is 10.4. The number of halogens is 1. The zero-order valence-corrected chi connectivity index (χ0v) is 13.5. The second-order valence-corrected chi connectivity index (χ2v) is 6.03. The molecular formula is C16H23FN2O4. The van der Waals surface area contributed by atoms with Crippen LogP contribution < -0.4 is 5.32 Å². The highest BCUT2D eigenvalue weighted by molar-refractivity contribution is 5.61. The fourth-order valence-electron chi connectivity index (χ4n) is 2.74. The van der Waals surface area contributed by atoms with Crippen LogP contribution in [-0.4, -0.2) is 31.0 Å². The molecule has 1 aromatic carbocycles. The van der Waals surface area contributed by atoms with Gasteiger partial charge in [0.25, 0.3) is 5.69 Å². The van der Waals surface area contributed by atoms with Crippen LogP contribution in [0.15, 0.2) is 18.2 Å². The average Bonchev–Trinajstić information content (AvgIpc) is 3.07. The lowest BCUT2D eigenvalue weighted by Gasteiger charge is -2.33. The zero-order chi connectivity index (χ0) is 16.9. The molecule has 1 saturated heterocycles. The molecule has 7 heteroatoms. The number of anilines is 1. The first-order chi connectivity index (χ1) is 11.0. The molecule has 0 bridgehead atoms. The third-order valence-corrected chi connectivity index (χ3v) is 4.40. The quantitative estimate of drug-likeness (QED) is 0.448. The highest BCUT2D eigenvalue weighted by atomic mass is 19.1. The third-order valence-electron chi connectivity index (χ3n) is 4.40. The van der Waals surface area contributed by atoms with Crippen LogP contribution in [0.3, 0.4) is 0 Å². The van der Waals surface area contributed by atoms with Crippen LogP contribution in [0, 0.1) is 21.3 Å². The standard InChI is InChI=1S/C16H23FN2O4/c1-3-16(2,15-22-9-10-23-15)7-4-8-18-13-6-5-12(17)11-14(13)19(20)21/h5-6,11,15,18H,3-4,7-10H2,1-2H3/t16-/m0/s1. The van der Waals surface area contributed by atoms with Crippen molar-refractivity contribution in [3.63, 3.8) is 0 Å². The summed E-state index contributed by atoms with van der Waals surface area (Å²) in [5, 5.41) is 14.0. The number of nitrogens with zero attached hydrogens (tertiary/aromatic N) is 1. The molecule has 1 fully saturated rings. The van der Waals surface area contributed by atoms with Crippen molar-refractivity contribution in [1.82, 2.24) is 0 Å². The molecule has 128 valence electrons. The van der Waals surface area contributed by atoms with E-state index in [1.54, 1.807) is 0 Å². The van der Waals surface area contributed by atoms with Crippen LogP contribution in [0.2, 0.25) is 0 Å². The van der Waals surface area contributed by atoms with Gasteiger partial charge in [-0.25, -0.2) is 4.39 Å². The molecule has 1 heterocycles.